The predicted octanol–water partition coefficient (Wildman–Crippen LogP) is 3.27. The lowest BCUT2D eigenvalue weighted by molar-refractivity contribution is 0.102. The van der Waals surface area contributed by atoms with Gasteiger partial charge in [0.15, 0.2) is 5.13 Å². The van der Waals surface area contributed by atoms with Crippen molar-refractivity contribution in [2.75, 3.05) is 17.7 Å². The van der Waals surface area contributed by atoms with Crippen LogP contribution in [0.3, 0.4) is 0 Å². The molecular formula is C15H20N4OS. The number of hydrogen-bond donors (Lipinski definition) is 2. The molecule has 0 aliphatic rings. The van der Waals surface area contributed by atoms with Gasteiger partial charge in [-0.3, -0.25) is 10.1 Å². The number of carbonyl (C=O) groups is 1. The van der Waals surface area contributed by atoms with Crippen molar-refractivity contribution < 1.29 is 4.79 Å². The first-order chi connectivity index (χ1) is 10.1. The number of aromatic nitrogens is 2. The number of aryl methyl sites for hydroxylation is 3. The summed E-state index contributed by atoms with van der Waals surface area (Å²) in [5, 5.41) is 6.50. The number of carbonyl (C=O) groups excluding carboxylic acids is 1. The van der Waals surface area contributed by atoms with Crippen LogP contribution < -0.4 is 10.6 Å². The van der Waals surface area contributed by atoms with Gasteiger partial charge < -0.3 is 5.32 Å². The van der Waals surface area contributed by atoms with Crippen LogP contribution in [0.2, 0.25) is 0 Å². The minimum absolute atomic E-state index is 0.153. The normalized spacial score (nSPS) is 10.5. The fraction of sp³-hybridized carbons (Fsp3) is 0.400. The van der Waals surface area contributed by atoms with E-state index in [9.17, 15) is 4.79 Å². The summed E-state index contributed by atoms with van der Waals surface area (Å²) in [5.41, 5.74) is 2.52. The van der Waals surface area contributed by atoms with Crippen LogP contribution in [0.1, 0.15) is 40.5 Å². The molecule has 0 bridgehead atoms. The molecule has 0 radical (unpaired) electrons. The number of nitrogens with zero attached hydrogens (tertiary/aromatic N) is 2. The average Bonchev–Trinajstić information content (AvgIpc) is 2.86. The van der Waals surface area contributed by atoms with E-state index in [1.54, 1.807) is 13.1 Å². The van der Waals surface area contributed by atoms with Crippen molar-refractivity contribution in [1.82, 2.24) is 9.97 Å². The van der Waals surface area contributed by atoms with Gasteiger partial charge in [0.2, 0.25) is 0 Å². The van der Waals surface area contributed by atoms with Crippen LogP contribution in [0.25, 0.3) is 0 Å². The number of anilines is 2. The standard InChI is InChI=1S/C15H20N4OS/c1-5-11-7-10(8-13(16-4)17-11)14(20)19-15-18-12(6-2)9(3)21-15/h7-8H,5-6H2,1-4H3,(H,16,17)(H,18,19,20). The zero-order valence-electron chi connectivity index (χ0n) is 12.8. The number of rotatable bonds is 5. The molecule has 21 heavy (non-hydrogen) atoms. The van der Waals surface area contributed by atoms with Crippen molar-refractivity contribution in [2.24, 2.45) is 0 Å². The van der Waals surface area contributed by atoms with Gasteiger partial charge in [0.05, 0.1) is 5.69 Å². The number of pyridine rings is 1. The molecule has 0 saturated carbocycles. The topological polar surface area (TPSA) is 66.9 Å². The summed E-state index contributed by atoms with van der Waals surface area (Å²) in [6.07, 6.45) is 1.66. The summed E-state index contributed by atoms with van der Waals surface area (Å²) in [7, 11) is 1.79. The summed E-state index contributed by atoms with van der Waals surface area (Å²) in [5.74, 6) is 0.545. The Labute approximate surface area is 128 Å². The maximum atomic E-state index is 12.4. The number of nitrogens with one attached hydrogen (secondary N) is 2. The van der Waals surface area contributed by atoms with Crippen molar-refractivity contribution in [1.29, 1.82) is 0 Å². The first kappa shape index (κ1) is 15.4. The molecule has 6 heteroatoms. The molecule has 2 heterocycles. The average molecular weight is 304 g/mol. The van der Waals surface area contributed by atoms with E-state index in [0.29, 0.717) is 16.5 Å². The Morgan fingerprint density at radius 1 is 1.24 bits per heavy atom. The zero-order chi connectivity index (χ0) is 15.4. The smallest absolute Gasteiger partial charge is 0.257 e. The van der Waals surface area contributed by atoms with Crippen molar-refractivity contribution in [2.45, 2.75) is 33.6 Å². The Morgan fingerprint density at radius 2 is 2.00 bits per heavy atom. The minimum atomic E-state index is -0.153. The lowest BCUT2D eigenvalue weighted by atomic mass is 10.2. The molecule has 2 aromatic rings. The third kappa shape index (κ3) is 3.58. The Morgan fingerprint density at radius 3 is 2.57 bits per heavy atom. The van der Waals surface area contributed by atoms with Crippen molar-refractivity contribution in [3.63, 3.8) is 0 Å². The van der Waals surface area contributed by atoms with Gasteiger partial charge in [-0.2, -0.15) is 0 Å². The van der Waals surface area contributed by atoms with Crippen LogP contribution in [0.15, 0.2) is 12.1 Å². The second kappa shape index (κ2) is 6.67. The molecule has 0 atom stereocenters. The van der Waals surface area contributed by atoms with Crippen molar-refractivity contribution in [3.05, 3.63) is 34.0 Å². The van der Waals surface area contributed by atoms with Gasteiger partial charge in [0, 0.05) is 23.2 Å². The fourth-order valence-corrected chi connectivity index (χ4v) is 2.90. The van der Waals surface area contributed by atoms with Gasteiger partial charge in [-0.25, -0.2) is 9.97 Å². The van der Waals surface area contributed by atoms with Gasteiger partial charge >= 0.3 is 0 Å². The molecule has 5 nitrogen and oxygen atoms in total. The van der Waals surface area contributed by atoms with Crippen LogP contribution in [0, 0.1) is 6.92 Å². The first-order valence-electron chi connectivity index (χ1n) is 7.03. The Kier molecular flexibility index (Phi) is 4.90. The summed E-state index contributed by atoms with van der Waals surface area (Å²) < 4.78 is 0. The van der Waals surface area contributed by atoms with Crippen LogP contribution in [-0.4, -0.2) is 22.9 Å². The monoisotopic (exact) mass is 304 g/mol. The maximum Gasteiger partial charge on any atom is 0.257 e. The SMILES string of the molecule is CCc1cc(C(=O)Nc2nc(CC)c(C)s2)cc(NC)n1. The highest BCUT2D eigenvalue weighted by atomic mass is 32.1. The van der Waals surface area contributed by atoms with Gasteiger partial charge in [-0.1, -0.05) is 13.8 Å². The zero-order valence-corrected chi connectivity index (χ0v) is 13.6. The highest BCUT2D eigenvalue weighted by Gasteiger charge is 2.13. The molecule has 112 valence electrons. The molecule has 2 aromatic heterocycles. The van der Waals surface area contributed by atoms with E-state index in [2.05, 4.69) is 27.5 Å². The molecule has 2 N–H and O–H groups in total. The Bertz CT molecular complexity index is 629. The lowest BCUT2D eigenvalue weighted by Gasteiger charge is -2.07. The van der Waals surface area contributed by atoms with Crippen molar-refractivity contribution >= 4 is 28.2 Å². The van der Waals surface area contributed by atoms with Crippen LogP contribution in [0.4, 0.5) is 10.9 Å². The first-order valence-corrected chi connectivity index (χ1v) is 7.85. The van der Waals surface area contributed by atoms with Gasteiger partial charge in [0.1, 0.15) is 5.82 Å². The summed E-state index contributed by atoms with van der Waals surface area (Å²) in [4.78, 5) is 22.3. The molecule has 0 aliphatic carbocycles. The minimum Gasteiger partial charge on any atom is -0.373 e. The van der Waals surface area contributed by atoms with E-state index >= 15 is 0 Å². The van der Waals surface area contributed by atoms with E-state index in [4.69, 9.17) is 0 Å². The highest BCUT2D eigenvalue weighted by molar-refractivity contribution is 7.15. The summed E-state index contributed by atoms with van der Waals surface area (Å²) in [6.45, 7) is 6.09. The number of thiazole rings is 1. The number of amides is 1. The van der Waals surface area contributed by atoms with E-state index in [-0.39, 0.29) is 5.91 Å². The van der Waals surface area contributed by atoms with Crippen LogP contribution in [-0.2, 0) is 12.8 Å². The molecule has 2 rings (SSSR count). The molecule has 1 amide bonds. The van der Waals surface area contributed by atoms with Crippen LogP contribution in [0.5, 0.6) is 0 Å². The molecular weight excluding hydrogens is 284 g/mol. The van der Waals surface area contributed by atoms with Gasteiger partial charge in [0.25, 0.3) is 5.91 Å². The molecule has 0 saturated heterocycles. The van der Waals surface area contributed by atoms with E-state index in [0.717, 1.165) is 29.1 Å². The third-order valence-corrected chi connectivity index (χ3v) is 4.14. The number of hydrogen-bond acceptors (Lipinski definition) is 5. The summed E-state index contributed by atoms with van der Waals surface area (Å²) >= 11 is 1.51. The van der Waals surface area contributed by atoms with Crippen molar-refractivity contribution in [3.8, 4) is 0 Å². The van der Waals surface area contributed by atoms with Crippen LogP contribution >= 0.6 is 11.3 Å². The fourth-order valence-electron chi connectivity index (χ4n) is 2.01. The van der Waals surface area contributed by atoms with E-state index < -0.39 is 0 Å². The largest absolute Gasteiger partial charge is 0.373 e. The molecule has 0 aliphatic heterocycles. The summed E-state index contributed by atoms with van der Waals surface area (Å²) in [6, 6.07) is 3.56. The molecule has 0 unspecified atom stereocenters. The van der Waals surface area contributed by atoms with Gasteiger partial charge in [-0.15, -0.1) is 11.3 Å². The Balaban J connectivity index is 2.23. The Hall–Kier alpha value is -1.95. The second-order valence-corrected chi connectivity index (χ2v) is 5.87. The van der Waals surface area contributed by atoms with E-state index in [1.807, 2.05) is 19.9 Å². The molecule has 0 aromatic carbocycles. The maximum absolute atomic E-state index is 12.4. The lowest BCUT2D eigenvalue weighted by Crippen LogP contribution is -2.13. The van der Waals surface area contributed by atoms with E-state index in [1.165, 1.54) is 11.3 Å². The molecule has 0 fully saturated rings. The quantitative estimate of drug-likeness (QED) is 0.889. The predicted molar refractivity (Wildman–Crippen MR) is 87.3 cm³/mol. The highest BCUT2D eigenvalue weighted by Crippen LogP contribution is 2.23. The third-order valence-electron chi connectivity index (χ3n) is 3.21. The molecule has 0 spiro atoms. The van der Waals surface area contributed by atoms with Gasteiger partial charge in [-0.05, 0) is 31.9 Å². The second-order valence-electron chi connectivity index (χ2n) is 4.67.